The predicted molar refractivity (Wildman–Crippen MR) is 146 cm³/mol. The lowest BCUT2D eigenvalue weighted by atomic mass is 9.80. The summed E-state index contributed by atoms with van der Waals surface area (Å²) in [6.45, 7) is 8.71. The number of nitriles is 1. The lowest BCUT2D eigenvalue weighted by molar-refractivity contribution is 0.429. The summed E-state index contributed by atoms with van der Waals surface area (Å²) in [5, 5.41) is 27.6. The number of terminal acetylenes is 1. The Kier molecular flexibility index (Phi) is 7.78. The Balaban J connectivity index is 2.04. The summed E-state index contributed by atoms with van der Waals surface area (Å²) >= 11 is 0. The number of hydrogen-bond donors (Lipinski definition) is 2. The molecular weight excluding hydrogens is 428 g/mol. The molecule has 4 nitrogen and oxygen atoms in total. The molecule has 4 heteroatoms. The largest absolute Gasteiger partial charge is 0.288 e. The topological polar surface area (TPSA) is 74.7 Å². The summed E-state index contributed by atoms with van der Waals surface area (Å²) in [5.74, 6) is 2.94. The van der Waals surface area contributed by atoms with Crippen LogP contribution in [-0.4, -0.2) is 11.7 Å². The fourth-order valence-electron chi connectivity index (χ4n) is 5.33. The molecule has 2 N–H and O–H groups in total. The molecule has 1 unspecified atom stereocenters. The predicted octanol–water partition coefficient (Wildman–Crippen LogP) is 7.38. The van der Waals surface area contributed by atoms with Gasteiger partial charge in [0, 0.05) is 29.2 Å². The van der Waals surface area contributed by atoms with Crippen molar-refractivity contribution < 1.29 is 0 Å². The van der Waals surface area contributed by atoms with Crippen LogP contribution in [0.5, 0.6) is 0 Å². The Morgan fingerprint density at radius 2 is 1.74 bits per heavy atom. The van der Waals surface area contributed by atoms with Gasteiger partial charge in [-0.2, -0.15) is 5.26 Å². The molecule has 1 saturated carbocycles. The van der Waals surface area contributed by atoms with Gasteiger partial charge >= 0.3 is 0 Å². The standard InChI is InChI=1S/C31H34N4/c1-6-14-24(21-32)19-23(4)20-28(33)35(25-15-10-9-11-16-25)29(34)26-17-12-13-18-27(26)31(8-3)22-30(31,5)7-2/h1,9-19,33-34H,7-8,20,22H2,2-5H3/b23-19-,24-14+,33-28?,34-29?/t30-,31?/m1/s1. The van der Waals surface area contributed by atoms with E-state index in [2.05, 4.69) is 44.9 Å². The van der Waals surface area contributed by atoms with E-state index in [1.54, 1.807) is 11.0 Å². The molecule has 1 aliphatic rings. The van der Waals surface area contributed by atoms with E-state index in [0.29, 0.717) is 11.4 Å². The number of anilines is 1. The normalized spacial score (nSPS) is 21.5. The minimum absolute atomic E-state index is 0.0483. The van der Waals surface area contributed by atoms with Gasteiger partial charge in [-0.1, -0.05) is 74.7 Å². The van der Waals surface area contributed by atoms with Crippen LogP contribution in [-0.2, 0) is 5.41 Å². The zero-order valence-corrected chi connectivity index (χ0v) is 21.2. The molecule has 35 heavy (non-hydrogen) atoms. The molecule has 2 aromatic rings. The van der Waals surface area contributed by atoms with Gasteiger partial charge in [-0.05, 0) is 55.4 Å². The van der Waals surface area contributed by atoms with Crippen molar-refractivity contribution in [3.05, 3.63) is 89.0 Å². The monoisotopic (exact) mass is 462 g/mol. The molecule has 0 aliphatic heterocycles. The number of rotatable bonds is 8. The van der Waals surface area contributed by atoms with Gasteiger partial charge in [-0.25, -0.2) is 0 Å². The molecule has 0 heterocycles. The van der Waals surface area contributed by atoms with Crippen LogP contribution < -0.4 is 4.90 Å². The third-order valence-corrected chi connectivity index (χ3v) is 7.53. The molecule has 0 spiro atoms. The van der Waals surface area contributed by atoms with Crippen molar-refractivity contribution in [2.75, 3.05) is 4.90 Å². The Hall–Kier alpha value is -3.89. The van der Waals surface area contributed by atoms with Crippen LogP contribution in [0.2, 0.25) is 0 Å². The Labute approximate surface area is 210 Å². The highest BCUT2D eigenvalue weighted by Crippen LogP contribution is 2.68. The van der Waals surface area contributed by atoms with E-state index in [1.165, 1.54) is 11.6 Å². The van der Waals surface area contributed by atoms with Crippen LogP contribution in [0.4, 0.5) is 5.69 Å². The average Bonchev–Trinajstić information content (AvgIpc) is 3.50. The molecule has 0 amide bonds. The van der Waals surface area contributed by atoms with E-state index in [9.17, 15) is 10.7 Å². The van der Waals surface area contributed by atoms with E-state index in [-0.39, 0.29) is 23.1 Å². The van der Waals surface area contributed by atoms with E-state index >= 15 is 0 Å². The van der Waals surface area contributed by atoms with Crippen LogP contribution in [0.15, 0.2) is 77.9 Å². The quantitative estimate of drug-likeness (QED) is 0.141. The molecule has 0 saturated heterocycles. The minimum Gasteiger partial charge on any atom is -0.288 e. The minimum atomic E-state index is 0.0483. The van der Waals surface area contributed by atoms with Crippen molar-refractivity contribution in [2.24, 2.45) is 5.41 Å². The molecule has 2 aromatic carbocycles. The second kappa shape index (κ2) is 10.6. The van der Waals surface area contributed by atoms with Gasteiger partial charge in [0.05, 0.1) is 11.6 Å². The van der Waals surface area contributed by atoms with Gasteiger partial charge in [-0.15, -0.1) is 6.42 Å². The average molecular weight is 463 g/mol. The van der Waals surface area contributed by atoms with Crippen molar-refractivity contribution in [1.82, 2.24) is 0 Å². The lowest BCUT2D eigenvalue weighted by Gasteiger charge is -2.30. The molecule has 2 atom stereocenters. The number of allylic oxidation sites excluding steroid dienone is 3. The van der Waals surface area contributed by atoms with Gasteiger partial charge in [0.15, 0.2) is 0 Å². The van der Waals surface area contributed by atoms with E-state index in [1.807, 2.05) is 49.4 Å². The van der Waals surface area contributed by atoms with E-state index in [0.717, 1.165) is 36.1 Å². The van der Waals surface area contributed by atoms with Crippen molar-refractivity contribution in [2.45, 2.75) is 58.8 Å². The van der Waals surface area contributed by atoms with E-state index in [4.69, 9.17) is 11.8 Å². The summed E-state index contributed by atoms with van der Waals surface area (Å²) in [7, 11) is 0. The van der Waals surface area contributed by atoms with Gasteiger partial charge in [0.1, 0.15) is 11.7 Å². The Morgan fingerprint density at radius 3 is 2.31 bits per heavy atom. The maximum atomic E-state index is 9.33. The second-order valence-electron chi connectivity index (χ2n) is 9.58. The molecule has 0 aromatic heterocycles. The summed E-state index contributed by atoms with van der Waals surface area (Å²) in [5.41, 5.74) is 4.30. The highest BCUT2D eigenvalue weighted by molar-refractivity contribution is 6.23. The third kappa shape index (κ3) is 4.98. The number of nitrogens with zero attached hydrogens (tertiary/aromatic N) is 2. The molecule has 0 radical (unpaired) electrons. The van der Waals surface area contributed by atoms with Gasteiger partial charge in [0.25, 0.3) is 0 Å². The smallest absolute Gasteiger partial charge is 0.138 e. The highest BCUT2D eigenvalue weighted by atomic mass is 15.2. The molecule has 0 bridgehead atoms. The third-order valence-electron chi connectivity index (χ3n) is 7.53. The first-order chi connectivity index (χ1) is 16.8. The van der Waals surface area contributed by atoms with Crippen LogP contribution in [0.1, 0.15) is 64.5 Å². The summed E-state index contributed by atoms with van der Waals surface area (Å²) < 4.78 is 0. The zero-order chi connectivity index (χ0) is 25.6. The van der Waals surface area contributed by atoms with Gasteiger partial charge in [0.2, 0.25) is 0 Å². The van der Waals surface area contributed by atoms with Crippen molar-refractivity contribution in [3.8, 4) is 18.4 Å². The summed E-state index contributed by atoms with van der Waals surface area (Å²) in [4.78, 5) is 1.71. The first-order valence-corrected chi connectivity index (χ1v) is 12.1. The van der Waals surface area contributed by atoms with Crippen molar-refractivity contribution in [1.29, 1.82) is 16.1 Å². The Morgan fingerprint density at radius 1 is 1.09 bits per heavy atom. The van der Waals surface area contributed by atoms with Crippen LogP contribution in [0, 0.1) is 39.9 Å². The zero-order valence-electron chi connectivity index (χ0n) is 21.2. The first kappa shape index (κ1) is 25.7. The lowest BCUT2D eigenvalue weighted by Crippen LogP contribution is -2.38. The van der Waals surface area contributed by atoms with Crippen LogP contribution in [0.25, 0.3) is 0 Å². The van der Waals surface area contributed by atoms with Gasteiger partial charge in [-0.3, -0.25) is 15.7 Å². The SMILES string of the molecule is C#C/C=C(C#N)\C=C(\C)CC(=N)N(C(=N)c1ccccc1C1(CC)C[C@@]1(C)CC)c1ccccc1. The molecular formula is C31H34N4. The fourth-order valence-corrected chi connectivity index (χ4v) is 5.33. The maximum Gasteiger partial charge on any atom is 0.138 e. The summed E-state index contributed by atoms with van der Waals surface area (Å²) in [6.07, 6.45) is 12.0. The van der Waals surface area contributed by atoms with Crippen LogP contribution >= 0.6 is 0 Å². The first-order valence-electron chi connectivity index (χ1n) is 12.1. The Bertz CT molecular complexity index is 1250. The molecule has 1 aliphatic carbocycles. The number of benzene rings is 2. The number of hydrogen-bond acceptors (Lipinski definition) is 3. The highest BCUT2D eigenvalue weighted by Gasteiger charge is 2.63. The molecule has 178 valence electrons. The van der Waals surface area contributed by atoms with Gasteiger partial charge < -0.3 is 0 Å². The van der Waals surface area contributed by atoms with Crippen molar-refractivity contribution >= 4 is 17.4 Å². The number of amidine groups is 2. The summed E-state index contributed by atoms with van der Waals surface area (Å²) in [6, 6.07) is 19.9. The molecule has 1 fully saturated rings. The fraction of sp³-hybridized carbons (Fsp3) is 0.323. The van der Waals surface area contributed by atoms with Crippen LogP contribution in [0.3, 0.4) is 0 Å². The number of para-hydroxylation sites is 1. The molecule has 3 rings (SSSR count). The number of nitrogens with one attached hydrogen (secondary N) is 2. The maximum absolute atomic E-state index is 9.33. The second-order valence-corrected chi connectivity index (χ2v) is 9.58. The van der Waals surface area contributed by atoms with Crippen molar-refractivity contribution in [3.63, 3.8) is 0 Å². The van der Waals surface area contributed by atoms with E-state index < -0.39 is 0 Å².